The summed E-state index contributed by atoms with van der Waals surface area (Å²) in [5, 5.41) is 21.1. The Morgan fingerprint density at radius 2 is 2.14 bits per heavy atom. The Kier molecular flexibility index (Phi) is 5.78. The molecule has 0 saturated carbocycles. The van der Waals surface area contributed by atoms with E-state index in [0.29, 0.717) is 35.8 Å². The SMILES string of the molecule is CNc1cc(-c2cn([C@H]3CCOC[C@H]3F)c3ncccc23)nc2c(C(=O)N[C@@H]3COC[C@@H]3O)cnn12. The van der Waals surface area contributed by atoms with E-state index in [1.807, 2.05) is 29.0 Å². The lowest BCUT2D eigenvalue weighted by atomic mass is 10.1. The summed E-state index contributed by atoms with van der Waals surface area (Å²) in [5.74, 6) is 0.218. The van der Waals surface area contributed by atoms with Gasteiger partial charge in [-0.1, -0.05) is 0 Å². The number of alkyl halides is 1. The maximum atomic E-state index is 14.8. The molecule has 2 aliphatic heterocycles. The van der Waals surface area contributed by atoms with Crippen LogP contribution in [0.3, 0.4) is 0 Å². The van der Waals surface area contributed by atoms with Crippen LogP contribution in [0.5, 0.6) is 0 Å². The van der Waals surface area contributed by atoms with Crippen LogP contribution in [-0.4, -0.2) is 87.0 Å². The number of nitrogens with zero attached hydrogens (tertiary/aromatic N) is 5. The number of carbonyl (C=O) groups excluding carboxylic acids is 1. The first-order valence-electron chi connectivity index (χ1n) is 11.9. The molecule has 3 N–H and O–H groups in total. The molecule has 4 aromatic rings. The fourth-order valence-electron chi connectivity index (χ4n) is 4.91. The Morgan fingerprint density at radius 3 is 2.92 bits per heavy atom. The van der Waals surface area contributed by atoms with Gasteiger partial charge in [0, 0.05) is 43.1 Å². The van der Waals surface area contributed by atoms with Crippen molar-refractivity contribution in [2.24, 2.45) is 0 Å². The predicted molar refractivity (Wildman–Crippen MR) is 129 cm³/mol. The van der Waals surface area contributed by atoms with E-state index < -0.39 is 30.3 Å². The fraction of sp³-hybridized carbons (Fsp3) is 0.417. The highest BCUT2D eigenvalue weighted by atomic mass is 19.1. The van der Waals surface area contributed by atoms with Gasteiger partial charge in [-0.2, -0.15) is 9.61 Å². The van der Waals surface area contributed by atoms with Crippen LogP contribution in [0.1, 0.15) is 22.8 Å². The van der Waals surface area contributed by atoms with E-state index in [1.54, 1.807) is 17.8 Å². The topological polar surface area (TPSA) is 128 Å². The molecule has 4 atom stereocenters. The third-order valence-electron chi connectivity index (χ3n) is 6.81. The van der Waals surface area contributed by atoms with E-state index >= 15 is 0 Å². The van der Waals surface area contributed by atoms with Crippen molar-refractivity contribution >= 4 is 28.4 Å². The summed E-state index contributed by atoms with van der Waals surface area (Å²) < 4.78 is 28.8. The van der Waals surface area contributed by atoms with Gasteiger partial charge in [-0.3, -0.25) is 4.79 Å². The molecule has 2 saturated heterocycles. The van der Waals surface area contributed by atoms with Crippen LogP contribution in [0.25, 0.3) is 27.9 Å². The molecule has 0 aliphatic carbocycles. The monoisotopic (exact) mass is 495 g/mol. The largest absolute Gasteiger partial charge is 0.388 e. The Labute approximate surface area is 205 Å². The van der Waals surface area contributed by atoms with Crippen molar-refractivity contribution in [3.8, 4) is 11.3 Å². The number of pyridine rings is 1. The summed E-state index contributed by atoms with van der Waals surface area (Å²) in [6, 6.07) is 4.69. The van der Waals surface area contributed by atoms with E-state index in [4.69, 9.17) is 14.5 Å². The number of aliphatic hydroxyl groups excluding tert-OH is 1. The van der Waals surface area contributed by atoms with Gasteiger partial charge in [0.2, 0.25) is 0 Å². The molecule has 6 heterocycles. The van der Waals surface area contributed by atoms with Gasteiger partial charge in [-0.05, 0) is 18.6 Å². The zero-order chi connectivity index (χ0) is 24.8. The first-order chi connectivity index (χ1) is 17.5. The number of anilines is 1. The van der Waals surface area contributed by atoms with E-state index in [0.717, 1.165) is 10.9 Å². The predicted octanol–water partition coefficient (Wildman–Crippen LogP) is 1.58. The van der Waals surface area contributed by atoms with Gasteiger partial charge in [0.15, 0.2) is 5.65 Å². The first-order valence-corrected chi connectivity index (χ1v) is 11.9. The minimum Gasteiger partial charge on any atom is -0.388 e. The van der Waals surface area contributed by atoms with E-state index in [1.165, 1.54) is 6.20 Å². The lowest BCUT2D eigenvalue weighted by molar-refractivity contribution is 0.00443. The third-order valence-corrected chi connectivity index (χ3v) is 6.81. The average molecular weight is 496 g/mol. The number of amides is 1. The Hall–Kier alpha value is -3.61. The van der Waals surface area contributed by atoms with Gasteiger partial charge in [-0.25, -0.2) is 14.4 Å². The van der Waals surface area contributed by atoms with E-state index in [-0.39, 0.29) is 25.4 Å². The number of fused-ring (bicyclic) bond motifs is 2. The van der Waals surface area contributed by atoms with Crippen LogP contribution in [0.15, 0.2) is 36.8 Å². The minimum absolute atomic E-state index is 0.0512. The molecule has 12 heteroatoms. The van der Waals surface area contributed by atoms with Crippen molar-refractivity contribution in [1.29, 1.82) is 0 Å². The Morgan fingerprint density at radius 1 is 1.25 bits per heavy atom. The van der Waals surface area contributed by atoms with Gasteiger partial charge in [0.25, 0.3) is 5.91 Å². The maximum Gasteiger partial charge on any atom is 0.257 e. The lowest BCUT2D eigenvalue weighted by Gasteiger charge is -2.27. The summed E-state index contributed by atoms with van der Waals surface area (Å²) >= 11 is 0. The van der Waals surface area contributed by atoms with Crippen molar-refractivity contribution in [1.82, 2.24) is 29.5 Å². The number of hydrogen-bond donors (Lipinski definition) is 3. The van der Waals surface area contributed by atoms with Crippen molar-refractivity contribution in [3.63, 3.8) is 0 Å². The van der Waals surface area contributed by atoms with Gasteiger partial charge in [0.05, 0.1) is 49.9 Å². The van der Waals surface area contributed by atoms with Crippen molar-refractivity contribution in [2.45, 2.75) is 30.8 Å². The van der Waals surface area contributed by atoms with Crippen molar-refractivity contribution in [2.75, 3.05) is 38.8 Å². The molecular formula is C24H26FN7O4. The molecule has 0 bridgehead atoms. The molecule has 36 heavy (non-hydrogen) atoms. The van der Waals surface area contributed by atoms with Crippen LogP contribution in [0.2, 0.25) is 0 Å². The molecule has 0 spiro atoms. The number of hydrogen-bond acceptors (Lipinski definition) is 8. The highest BCUT2D eigenvalue weighted by Crippen LogP contribution is 2.35. The van der Waals surface area contributed by atoms with Crippen LogP contribution in [-0.2, 0) is 9.47 Å². The molecule has 0 radical (unpaired) electrons. The summed E-state index contributed by atoms with van der Waals surface area (Å²) in [5.41, 5.74) is 2.63. The minimum atomic E-state index is -1.15. The normalized spacial score (nSPS) is 24.4. The number of nitrogens with one attached hydrogen (secondary N) is 2. The Bertz CT molecular complexity index is 1440. The van der Waals surface area contributed by atoms with Gasteiger partial charge < -0.3 is 29.8 Å². The highest BCUT2D eigenvalue weighted by Gasteiger charge is 2.31. The molecule has 0 aromatic carbocycles. The maximum absolute atomic E-state index is 14.8. The quantitative estimate of drug-likeness (QED) is 0.381. The second kappa shape index (κ2) is 9.12. The van der Waals surface area contributed by atoms with Crippen LogP contribution in [0, 0.1) is 0 Å². The standard InChI is InChI=1S/C24H26FN7O4/c1-26-21-7-17(29-23-14(8-28-32(21)23)24(34)30-18-11-36-12-20(18)33)15-9-31(19-4-6-35-10-16(19)25)22-13(15)3-2-5-27-22/h2-3,5,7-9,16,18-20,26,33H,4,6,10-12H2,1H3,(H,30,34)/t16-,18-,19+,20+/m1/s1. The van der Waals surface area contributed by atoms with Crippen molar-refractivity contribution < 1.29 is 23.8 Å². The third kappa shape index (κ3) is 3.77. The molecule has 0 unspecified atom stereocenters. The van der Waals surface area contributed by atoms with E-state index in [2.05, 4.69) is 20.7 Å². The number of aromatic nitrogens is 5. The summed E-state index contributed by atoms with van der Waals surface area (Å²) in [7, 11) is 1.76. The second-order valence-electron chi connectivity index (χ2n) is 9.03. The summed E-state index contributed by atoms with van der Waals surface area (Å²) in [6.07, 6.45) is 3.64. The average Bonchev–Trinajstić information content (AvgIpc) is 3.61. The van der Waals surface area contributed by atoms with Gasteiger partial charge in [0.1, 0.15) is 23.2 Å². The summed E-state index contributed by atoms with van der Waals surface area (Å²) in [6.45, 7) is 0.948. The smallest absolute Gasteiger partial charge is 0.257 e. The number of ether oxygens (including phenoxy) is 2. The number of aliphatic hydroxyl groups is 1. The molecule has 1 amide bonds. The number of rotatable bonds is 5. The Balaban J connectivity index is 1.46. The fourth-order valence-corrected chi connectivity index (χ4v) is 4.91. The van der Waals surface area contributed by atoms with Crippen molar-refractivity contribution in [3.05, 3.63) is 42.4 Å². The molecule has 4 aromatic heterocycles. The highest BCUT2D eigenvalue weighted by molar-refractivity contribution is 6.01. The van der Waals surface area contributed by atoms with Crippen LogP contribution >= 0.6 is 0 Å². The molecule has 6 rings (SSSR count). The lowest BCUT2D eigenvalue weighted by Crippen LogP contribution is -2.42. The van der Waals surface area contributed by atoms with Crippen LogP contribution < -0.4 is 10.6 Å². The molecule has 188 valence electrons. The van der Waals surface area contributed by atoms with E-state index in [9.17, 15) is 14.3 Å². The molecule has 2 fully saturated rings. The molecular weight excluding hydrogens is 469 g/mol. The molecule has 2 aliphatic rings. The van der Waals surface area contributed by atoms with Gasteiger partial charge in [-0.15, -0.1) is 0 Å². The first kappa shape index (κ1) is 22.8. The van der Waals surface area contributed by atoms with Gasteiger partial charge >= 0.3 is 0 Å². The van der Waals surface area contributed by atoms with Crippen LogP contribution in [0.4, 0.5) is 10.2 Å². The number of halogens is 1. The second-order valence-corrected chi connectivity index (χ2v) is 9.03. The zero-order valence-electron chi connectivity index (χ0n) is 19.6. The summed E-state index contributed by atoms with van der Waals surface area (Å²) in [4.78, 5) is 22.4. The number of carbonyl (C=O) groups is 1. The molecule has 11 nitrogen and oxygen atoms in total. The zero-order valence-corrected chi connectivity index (χ0v) is 19.6.